The third-order valence-electron chi connectivity index (χ3n) is 3.37. The number of carbonyl (C=O) groups excluding carboxylic acids is 1. The van der Waals surface area contributed by atoms with Crippen LogP contribution in [0, 0.1) is 5.92 Å². The van der Waals surface area contributed by atoms with Gasteiger partial charge in [0.1, 0.15) is 5.94 Å². The molecule has 2 rings (SSSR count). The molecule has 0 amide bonds. The summed E-state index contributed by atoms with van der Waals surface area (Å²) in [6, 6.07) is -0.470. The van der Waals surface area contributed by atoms with E-state index in [-0.39, 0.29) is 40.5 Å². The van der Waals surface area contributed by atoms with Crippen LogP contribution in [0.15, 0.2) is 29.4 Å². The Bertz CT molecular complexity index is 495. The summed E-state index contributed by atoms with van der Waals surface area (Å²) in [5.41, 5.74) is 0.669. The second-order valence-corrected chi connectivity index (χ2v) is 6.21. The van der Waals surface area contributed by atoms with Crippen molar-refractivity contribution in [3.63, 3.8) is 0 Å². The molecule has 103 valence electrons. The maximum Gasteiger partial charge on any atom is 0.333 e. The van der Waals surface area contributed by atoms with Gasteiger partial charge < -0.3 is 5.11 Å². The van der Waals surface area contributed by atoms with Crippen LogP contribution < -0.4 is 0 Å². The van der Waals surface area contributed by atoms with Crippen LogP contribution in [0.2, 0.25) is 0 Å². The number of rotatable bonds is 3. The summed E-state index contributed by atoms with van der Waals surface area (Å²) in [5.74, 6) is 2.29. The van der Waals surface area contributed by atoms with Crippen molar-refractivity contribution in [1.29, 1.82) is 0 Å². The van der Waals surface area contributed by atoms with Gasteiger partial charge in [-0.1, -0.05) is 19.9 Å². The van der Waals surface area contributed by atoms with E-state index >= 15 is 0 Å². The third-order valence-corrected chi connectivity index (χ3v) is 4.95. The Labute approximate surface area is 145 Å². The van der Waals surface area contributed by atoms with E-state index < -0.39 is 12.0 Å². The van der Waals surface area contributed by atoms with E-state index in [1.165, 1.54) is 0 Å². The van der Waals surface area contributed by atoms with Crippen LogP contribution in [0.3, 0.4) is 0 Å². The maximum absolute atomic E-state index is 11.4. The monoisotopic (exact) mass is 302 g/mol. The number of aliphatic carboxylic acids is 1. The van der Waals surface area contributed by atoms with Crippen LogP contribution in [0.1, 0.15) is 13.8 Å². The minimum absolute atomic E-state index is 0. The Morgan fingerprint density at radius 3 is 2.80 bits per heavy atom. The van der Waals surface area contributed by atoms with Crippen LogP contribution in [-0.2, 0) is 9.59 Å². The first-order chi connectivity index (χ1) is 9.06. The van der Waals surface area contributed by atoms with E-state index in [0.717, 1.165) is 12.3 Å². The molecule has 20 heavy (non-hydrogen) atoms. The van der Waals surface area contributed by atoms with E-state index in [4.69, 9.17) is 0 Å². The Morgan fingerprint density at radius 1 is 1.55 bits per heavy atom. The van der Waals surface area contributed by atoms with Crippen molar-refractivity contribution < 1.29 is 14.7 Å². The third kappa shape index (κ3) is 3.48. The molecule has 1 N–H and O–H groups in total. The zero-order valence-corrected chi connectivity index (χ0v) is 14.8. The first kappa shape index (κ1) is 17.8. The van der Waals surface area contributed by atoms with Gasteiger partial charge in [-0.05, 0) is 18.1 Å². The van der Waals surface area contributed by atoms with Gasteiger partial charge in [-0.25, -0.2) is 9.59 Å². The molecule has 1 radical (unpaired) electrons. The Kier molecular flexibility index (Phi) is 6.79. The Morgan fingerprint density at radius 2 is 2.25 bits per heavy atom. The molecule has 1 fully saturated rings. The van der Waals surface area contributed by atoms with Crippen molar-refractivity contribution >= 4 is 53.2 Å². The summed E-state index contributed by atoms with van der Waals surface area (Å²) in [6.45, 7) is 5.02. The van der Waals surface area contributed by atoms with Gasteiger partial charge in [0.25, 0.3) is 0 Å². The van der Waals surface area contributed by atoms with Crippen LogP contribution >= 0.6 is 11.8 Å². The van der Waals surface area contributed by atoms with Gasteiger partial charge in [-0.3, -0.25) is 4.90 Å². The van der Waals surface area contributed by atoms with E-state index in [1.54, 1.807) is 18.2 Å². The van der Waals surface area contributed by atoms with Crippen LogP contribution in [0.25, 0.3) is 0 Å². The summed E-state index contributed by atoms with van der Waals surface area (Å²) in [5, 5.41) is 9.57. The number of hydrogen-bond donors (Lipinski definition) is 1. The molecule has 2 atom stereocenters. The number of hydrogen-bond acceptors (Lipinski definition) is 4. The van der Waals surface area contributed by atoms with E-state index in [0.29, 0.717) is 11.5 Å². The molecule has 0 saturated carbocycles. The van der Waals surface area contributed by atoms with Gasteiger partial charge in [0.2, 0.25) is 0 Å². The molecule has 0 spiro atoms. The molecular formula is C14H17NNaO3S. The molecular weight excluding hydrogens is 285 g/mol. The Balaban J connectivity index is 0.00000200. The SMILES string of the molecule is CC(C)C1SCCN1C1C(=C=O)C=CC=C1C(=O)O.[Na]. The number of allylic oxidation sites excluding steroid dienone is 2. The van der Waals surface area contributed by atoms with E-state index in [9.17, 15) is 14.7 Å². The van der Waals surface area contributed by atoms with Crippen LogP contribution in [-0.4, -0.2) is 75.2 Å². The number of carbonyl (C=O) groups is 1. The fourth-order valence-corrected chi connectivity index (χ4v) is 3.96. The molecule has 1 aliphatic heterocycles. The molecule has 0 bridgehead atoms. The molecule has 4 nitrogen and oxygen atoms in total. The smallest absolute Gasteiger partial charge is 0.333 e. The van der Waals surface area contributed by atoms with Crippen molar-refractivity contribution in [2.45, 2.75) is 25.3 Å². The summed E-state index contributed by atoms with van der Waals surface area (Å²) < 4.78 is 0. The topological polar surface area (TPSA) is 57.6 Å². The van der Waals surface area contributed by atoms with Crippen molar-refractivity contribution in [3.8, 4) is 0 Å². The first-order valence-corrected chi connectivity index (χ1v) is 7.35. The molecule has 1 heterocycles. The molecule has 0 aromatic carbocycles. The number of carboxylic acid groups (broad SMARTS) is 1. The van der Waals surface area contributed by atoms with Gasteiger partial charge in [-0.2, -0.15) is 0 Å². The summed E-state index contributed by atoms with van der Waals surface area (Å²) in [6.07, 6.45) is 4.84. The largest absolute Gasteiger partial charge is 0.478 e. The van der Waals surface area contributed by atoms with Gasteiger partial charge in [0.05, 0.1) is 22.6 Å². The molecule has 1 aliphatic carbocycles. The fourth-order valence-electron chi connectivity index (χ4n) is 2.59. The predicted octanol–water partition coefficient (Wildman–Crippen LogP) is 1.34. The second-order valence-electron chi connectivity index (χ2n) is 4.99. The normalized spacial score (nSPS) is 26.1. The number of nitrogens with zero attached hydrogens (tertiary/aromatic N) is 1. The van der Waals surface area contributed by atoms with Crippen molar-refractivity contribution in [2.75, 3.05) is 12.3 Å². The summed E-state index contributed by atoms with van der Waals surface area (Å²) in [7, 11) is 0. The van der Waals surface area contributed by atoms with Crippen LogP contribution in [0.4, 0.5) is 0 Å². The average Bonchev–Trinajstić information content (AvgIpc) is 2.86. The Hall–Kier alpha value is -0.290. The van der Waals surface area contributed by atoms with Gasteiger partial charge in [-0.15, -0.1) is 11.8 Å². The van der Waals surface area contributed by atoms with Crippen molar-refractivity contribution in [1.82, 2.24) is 4.90 Å². The first-order valence-electron chi connectivity index (χ1n) is 6.30. The molecule has 6 heteroatoms. The second kappa shape index (κ2) is 7.64. The molecule has 0 aromatic heterocycles. The zero-order valence-electron chi connectivity index (χ0n) is 12.0. The maximum atomic E-state index is 11.4. The summed E-state index contributed by atoms with van der Waals surface area (Å²) in [4.78, 5) is 24.6. The molecule has 0 aromatic rings. The van der Waals surface area contributed by atoms with Gasteiger partial charge in [0.15, 0.2) is 0 Å². The number of carboxylic acids is 1. The quantitative estimate of drug-likeness (QED) is 0.630. The molecule has 2 unspecified atom stereocenters. The standard InChI is InChI=1S/C14H17NO3S.Na/c1-9(2)13-15(6-7-19-13)12-10(8-16)4-3-5-11(12)14(17)18;/h3-5,9,12-13H,6-7H2,1-2H3,(H,17,18);. The van der Waals surface area contributed by atoms with E-state index in [2.05, 4.69) is 18.7 Å². The zero-order chi connectivity index (χ0) is 14.0. The van der Waals surface area contributed by atoms with E-state index in [1.807, 2.05) is 17.7 Å². The van der Waals surface area contributed by atoms with Crippen LogP contribution in [0.5, 0.6) is 0 Å². The summed E-state index contributed by atoms with van der Waals surface area (Å²) >= 11 is 1.82. The fraction of sp³-hybridized carbons (Fsp3) is 0.500. The van der Waals surface area contributed by atoms with Gasteiger partial charge in [0, 0.05) is 41.9 Å². The minimum atomic E-state index is -0.971. The van der Waals surface area contributed by atoms with Crippen molar-refractivity contribution in [3.05, 3.63) is 29.4 Å². The molecule has 2 aliphatic rings. The van der Waals surface area contributed by atoms with Crippen molar-refractivity contribution in [2.24, 2.45) is 5.92 Å². The van der Waals surface area contributed by atoms with Gasteiger partial charge >= 0.3 is 5.97 Å². The minimum Gasteiger partial charge on any atom is -0.478 e. The number of thioether (sulfide) groups is 1. The average molecular weight is 302 g/mol. The molecule has 1 saturated heterocycles. The predicted molar refractivity (Wildman–Crippen MR) is 81.4 cm³/mol.